The molecule has 0 aromatic heterocycles. The molecule has 4 heteroatoms. The van der Waals surface area contributed by atoms with Crippen LogP contribution in [0.3, 0.4) is 0 Å². The van der Waals surface area contributed by atoms with Crippen molar-refractivity contribution in [3.63, 3.8) is 0 Å². The normalized spacial score (nSPS) is 9.80. The summed E-state index contributed by atoms with van der Waals surface area (Å²) in [6.07, 6.45) is 0. The number of halogens is 1. The van der Waals surface area contributed by atoms with Crippen LogP contribution in [0.4, 0.5) is 0 Å². The maximum absolute atomic E-state index is 11.0. The van der Waals surface area contributed by atoms with Crippen LogP contribution in [0.5, 0.6) is 5.75 Å². The van der Waals surface area contributed by atoms with Crippen molar-refractivity contribution in [3.8, 4) is 5.75 Å². The molecule has 0 aliphatic carbocycles. The van der Waals surface area contributed by atoms with Crippen LogP contribution in [0.2, 0.25) is 0 Å². The molecule has 3 nitrogen and oxygen atoms in total. The number of benzene rings is 1. The van der Waals surface area contributed by atoms with E-state index < -0.39 is 0 Å². The Hall–Kier alpha value is -1.22. The quantitative estimate of drug-likeness (QED) is 0.798. The van der Waals surface area contributed by atoms with Gasteiger partial charge >= 0.3 is 0 Å². The van der Waals surface area contributed by atoms with E-state index in [1.807, 2.05) is 25.1 Å². The first-order valence-corrected chi connectivity index (χ1v) is 5.17. The summed E-state index contributed by atoms with van der Waals surface area (Å²) >= 11 is 5.37. The van der Waals surface area contributed by atoms with Gasteiger partial charge in [0.2, 0.25) is 5.91 Å². The number of amides is 1. The third-order valence-electron chi connectivity index (χ3n) is 2.15. The Morgan fingerprint density at radius 1 is 1.53 bits per heavy atom. The third-order valence-corrected chi connectivity index (χ3v) is 2.39. The molecule has 0 fully saturated rings. The molecule has 1 rings (SSSR count). The number of ether oxygens (including phenoxy) is 1. The Bertz CT molecular complexity index is 352. The van der Waals surface area contributed by atoms with Crippen LogP contribution in [-0.2, 0) is 11.3 Å². The van der Waals surface area contributed by atoms with Gasteiger partial charge in [-0.3, -0.25) is 4.79 Å². The number of alkyl halides is 1. The zero-order valence-electron chi connectivity index (χ0n) is 8.84. The molecule has 0 heterocycles. The molecule has 1 aromatic rings. The molecule has 0 atom stereocenters. The van der Waals surface area contributed by atoms with Gasteiger partial charge in [0.25, 0.3) is 0 Å². The molecule has 1 N–H and O–H groups in total. The standard InChI is InChI=1S/C11H14ClNO2/c1-8-5-10(15-2)4-3-9(8)7-13-11(14)6-12/h3-5H,6-7H2,1-2H3,(H,13,14). The highest BCUT2D eigenvalue weighted by Crippen LogP contribution is 2.16. The molecular formula is C11H14ClNO2. The average Bonchev–Trinajstić information content (AvgIpc) is 2.26. The van der Waals surface area contributed by atoms with Crippen LogP contribution in [0.15, 0.2) is 18.2 Å². The third kappa shape index (κ3) is 3.44. The summed E-state index contributed by atoms with van der Waals surface area (Å²) < 4.78 is 5.09. The lowest BCUT2D eigenvalue weighted by Crippen LogP contribution is -2.24. The Morgan fingerprint density at radius 2 is 2.27 bits per heavy atom. The van der Waals surface area contributed by atoms with Crippen molar-refractivity contribution in [2.75, 3.05) is 13.0 Å². The van der Waals surface area contributed by atoms with E-state index in [4.69, 9.17) is 16.3 Å². The van der Waals surface area contributed by atoms with E-state index in [9.17, 15) is 4.79 Å². The molecule has 82 valence electrons. The van der Waals surface area contributed by atoms with Crippen LogP contribution >= 0.6 is 11.6 Å². The molecule has 1 aromatic carbocycles. The summed E-state index contributed by atoms with van der Waals surface area (Å²) in [5.41, 5.74) is 2.15. The summed E-state index contributed by atoms with van der Waals surface area (Å²) in [6, 6.07) is 5.74. The first kappa shape index (κ1) is 11.9. The van der Waals surface area contributed by atoms with Gasteiger partial charge in [-0.05, 0) is 30.2 Å². The number of carbonyl (C=O) groups excluding carboxylic acids is 1. The first-order chi connectivity index (χ1) is 7.17. The number of nitrogens with one attached hydrogen (secondary N) is 1. The second kappa shape index (κ2) is 5.61. The molecule has 0 aliphatic heterocycles. The van der Waals surface area contributed by atoms with Crippen molar-refractivity contribution >= 4 is 17.5 Å². The Kier molecular flexibility index (Phi) is 4.43. The Morgan fingerprint density at radius 3 is 2.80 bits per heavy atom. The highest BCUT2D eigenvalue weighted by atomic mass is 35.5. The number of methoxy groups -OCH3 is 1. The summed E-state index contributed by atoms with van der Waals surface area (Å²) in [4.78, 5) is 11.0. The highest BCUT2D eigenvalue weighted by Gasteiger charge is 2.02. The van der Waals surface area contributed by atoms with E-state index in [0.29, 0.717) is 6.54 Å². The lowest BCUT2D eigenvalue weighted by atomic mass is 10.1. The molecule has 0 radical (unpaired) electrons. The maximum atomic E-state index is 11.0. The van der Waals surface area contributed by atoms with Gasteiger partial charge in [0, 0.05) is 6.54 Å². The number of carbonyl (C=O) groups is 1. The number of aryl methyl sites for hydroxylation is 1. The van der Waals surface area contributed by atoms with Gasteiger partial charge < -0.3 is 10.1 Å². The van der Waals surface area contributed by atoms with Gasteiger partial charge in [0.15, 0.2) is 0 Å². The molecule has 0 unspecified atom stereocenters. The fourth-order valence-corrected chi connectivity index (χ4v) is 1.33. The molecular weight excluding hydrogens is 214 g/mol. The lowest BCUT2D eigenvalue weighted by Gasteiger charge is -2.08. The SMILES string of the molecule is COc1ccc(CNC(=O)CCl)c(C)c1. The van der Waals surface area contributed by atoms with Crippen LogP contribution in [0.25, 0.3) is 0 Å². The fraction of sp³-hybridized carbons (Fsp3) is 0.364. The number of hydrogen-bond acceptors (Lipinski definition) is 2. The van der Waals surface area contributed by atoms with Crippen LogP contribution in [-0.4, -0.2) is 18.9 Å². The Labute approximate surface area is 94.4 Å². The smallest absolute Gasteiger partial charge is 0.235 e. The van der Waals surface area contributed by atoms with Gasteiger partial charge in [-0.1, -0.05) is 6.07 Å². The summed E-state index contributed by atoms with van der Waals surface area (Å²) in [6.45, 7) is 2.48. The van der Waals surface area contributed by atoms with E-state index >= 15 is 0 Å². The molecule has 0 spiro atoms. The minimum absolute atomic E-state index is 0.00476. The topological polar surface area (TPSA) is 38.3 Å². The van der Waals surface area contributed by atoms with Gasteiger partial charge in [-0.15, -0.1) is 11.6 Å². The van der Waals surface area contributed by atoms with Gasteiger partial charge in [-0.25, -0.2) is 0 Å². The molecule has 0 saturated carbocycles. The van der Waals surface area contributed by atoms with Crippen molar-refractivity contribution < 1.29 is 9.53 Å². The van der Waals surface area contributed by atoms with Crippen molar-refractivity contribution in [3.05, 3.63) is 29.3 Å². The monoisotopic (exact) mass is 227 g/mol. The summed E-state index contributed by atoms with van der Waals surface area (Å²) in [5, 5.41) is 2.72. The minimum atomic E-state index is -0.160. The van der Waals surface area contributed by atoms with Crippen molar-refractivity contribution in [2.24, 2.45) is 0 Å². The second-order valence-electron chi connectivity index (χ2n) is 3.20. The Balaban J connectivity index is 2.66. The molecule has 15 heavy (non-hydrogen) atoms. The van der Waals surface area contributed by atoms with Gasteiger partial charge in [0.1, 0.15) is 11.6 Å². The zero-order valence-corrected chi connectivity index (χ0v) is 9.60. The van der Waals surface area contributed by atoms with Crippen LogP contribution < -0.4 is 10.1 Å². The van der Waals surface area contributed by atoms with Crippen LogP contribution in [0, 0.1) is 6.92 Å². The zero-order chi connectivity index (χ0) is 11.3. The second-order valence-corrected chi connectivity index (χ2v) is 3.47. The molecule has 0 saturated heterocycles. The van der Waals surface area contributed by atoms with Crippen molar-refractivity contribution in [1.29, 1.82) is 0 Å². The minimum Gasteiger partial charge on any atom is -0.497 e. The van der Waals surface area contributed by atoms with Gasteiger partial charge in [0.05, 0.1) is 7.11 Å². The van der Waals surface area contributed by atoms with E-state index in [-0.39, 0.29) is 11.8 Å². The summed E-state index contributed by atoms with van der Waals surface area (Å²) in [5.74, 6) is 0.654. The summed E-state index contributed by atoms with van der Waals surface area (Å²) in [7, 11) is 1.63. The number of rotatable bonds is 4. The van der Waals surface area contributed by atoms with Crippen molar-refractivity contribution in [1.82, 2.24) is 5.32 Å². The first-order valence-electron chi connectivity index (χ1n) is 4.63. The fourth-order valence-electron chi connectivity index (χ4n) is 1.23. The molecule has 0 bridgehead atoms. The predicted octanol–water partition coefficient (Wildman–Crippen LogP) is 1.86. The largest absolute Gasteiger partial charge is 0.497 e. The van der Waals surface area contributed by atoms with Crippen molar-refractivity contribution in [2.45, 2.75) is 13.5 Å². The predicted molar refractivity (Wildman–Crippen MR) is 60.3 cm³/mol. The van der Waals surface area contributed by atoms with E-state index in [1.54, 1.807) is 7.11 Å². The van der Waals surface area contributed by atoms with Crippen LogP contribution in [0.1, 0.15) is 11.1 Å². The average molecular weight is 228 g/mol. The maximum Gasteiger partial charge on any atom is 0.235 e. The van der Waals surface area contributed by atoms with E-state index in [1.165, 1.54) is 0 Å². The molecule has 0 aliphatic rings. The molecule has 1 amide bonds. The highest BCUT2D eigenvalue weighted by molar-refractivity contribution is 6.27. The van der Waals surface area contributed by atoms with E-state index in [0.717, 1.165) is 16.9 Å². The van der Waals surface area contributed by atoms with E-state index in [2.05, 4.69) is 5.32 Å². The van der Waals surface area contributed by atoms with Gasteiger partial charge in [-0.2, -0.15) is 0 Å². The number of hydrogen-bond donors (Lipinski definition) is 1. The lowest BCUT2D eigenvalue weighted by molar-refractivity contribution is -0.118.